The summed E-state index contributed by atoms with van der Waals surface area (Å²) in [6.07, 6.45) is 1.33. The average Bonchev–Trinajstić information content (AvgIpc) is 3.23. The van der Waals surface area contributed by atoms with Crippen LogP contribution in [0.25, 0.3) is 22.2 Å². The minimum absolute atomic E-state index is 0.201. The molecule has 1 atom stereocenters. The number of fused-ring (bicyclic) bond motifs is 1. The summed E-state index contributed by atoms with van der Waals surface area (Å²) in [5.41, 5.74) is 1.42. The van der Waals surface area contributed by atoms with Gasteiger partial charge in [0.2, 0.25) is 0 Å². The minimum atomic E-state index is -0.448. The van der Waals surface area contributed by atoms with Gasteiger partial charge in [-0.05, 0) is 5.56 Å². The Kier molecular flexibility index (Phi) is 3.68. The number of aryl methyl sites for hydroxylation is 1. The summed E-state index contributed by atoms with van der Waals surface area (Å²) < 4.78 is 9.43. The predicted octanol–water partition coefficient (Wildman–Crippen LogP) is 0.814. The van der Waals surface area contributed by atoms with Gasteiger partial charge in [-0.25, -0.2) is 9.59 Å². The number of aromatic nitrogens is 3. The van der Waals surface area contributed by atoms with Crippen molar-refractivity contribution in [1.82, 2.24) is 19.0 Å². The minimum Gasteiger partial charge on any atom is -0.447 e. The molecule has 4 rings (SSSR count). The summed E-state index contributed by atoms with van der Waals surface area (Å²) >= 11 is 0. The van der Waals surface area contributed by atoms with Crippen LogP contribution in [-0.2, 0) is 25.4 Å². The van der Waals surface area contributed by atoms with Gasteiger partial charge < -0.3 is 14.6 Å². The van der Waals surface area contributed by atoms with Crippen LogP contribution in [0.15, 0.2) is 46.1 Å². The van der Waals surface area contributed by atoms with Gasteiger partial charge in [-0.15, -0.1) is 0 Å². The van der Waals surface area contributed by atoms with Crippen molar-refractivity contribution in [3.8, 4) is 11.3 Å². The monoisotopic (exact) mass is 354 g/mol. The number of cyclic esters (lactones) is 1. The van der Waals surface area contributed by atoms with E-state index in [1.165, 1.54) is 11.6 Å². The van der Waals surface area contributed by atoms with Crippen molar-refractivity contribution < 1.29 is 9.53 Å². The number of carbonyl (C=O) groups is 1. The number of nitrogens with one attached hydrogen (secondary N) is 1. The van der Waals surface area contributed by atoms with Crippen LogP contribution in [0.3, 0.4) is 0 Å². The standard InChI is InChI=1S/C18H18N4O4/c1-20-13-9-22(8-12-10-26-17(24)19-12)15(11-6-4-3-5-7-11)14(13)16(23)21(2)18(20)25/h3-7,9,12H,8,10H2,1-2H3,(H,19,24). The third-order valence-corrected chi connectivity index (χ3v) is 4.71. The number of hydrogen-bond acceptors (Lipinski definition) is 4. The van der Waals surface area contributed by atoms with Crippen molar-refractivity contribution in [2.24, 2.45) is 14.1 Å². The van der Waals surface area contributed by atoms with Gasteiger partial charge in [0.25, 0.3) is 5.56 Å². The highest BCUT2D eigenvalue weighted by Gasteiger charge is 2.25. The second kappa shape index (κ2) is 5.91. The zero-order chi connectivity index (χ0) is 18.4. The Bertz CT molecular complexity index is 1120. The number of benzene rings is 1. The van der Waals surface area contributed by atoms with Crippen LogP contribution in [-0.4, -0.2) is 32.4 Å². The molecule has 8 nitrogen and oxygen atoms in total. The zero-order valence-corrected chi connectivity index (χ0v) is 14.4. The van der Waals surface area contributed by atoms with E-state index >= 15 is 0 Å². The van der Waals surface area contributed by atoms with E-state index in [0.717, 1.165) is 15.8 Å². The molecular formula is C18H18N4O4. The maximum Gasteiger partial charge on any atom is 0.407 e. The van der Waals surface area contributed by atoms with Gasteiger partial charge in [0.05, 0.1) is 22.6 Å². The topological polar surface area (TPSA) is 87.3 Å². The Labute approximate surface area is 148 Å². The highest BCUT2D eigenvalue weighted by molar-refractivity contribution is 5.93. The van der Waals surface area contributed by atoms with Gasteiger partial charge in [-0.1, -0.05) is 30.3 Å². The van der Waals surface area contributed by atoms with Crippen molar-refractivity contribution in [2.45, 2.75) is 12.6 Å². The number of rotatable bonds is 3. The first-order valence-electron chi connectivity index (χ1n) is 8.25. The second-order valence-electron chi connectivity index (χ2n) is 6.40. The van der Waals surface area contributed by atoms with Crippen LogP contribution in [0.2, 0.25) is 0 Å². The smallest absolute Gasteiger partial charge is 0.407 e. The van der Waals surface area contributed by atoms with E-state index in [1.807, 2.05) is 34.9 Å². The Morgan fingerprint density at radius 3 is 2.50 bits per heavy atom. The van der Waals surface area contributed by atoms with Gasteiger partial charge >= 0.3 is 11.8 Å². The quantitative estimate of drug-likeness (QED) is 0.754. The summed E-state index contributed by atoms with van der Waals surface area (Å²) in [4.78, 5) is 36.5. The number of carbonyl (C=O) groups excluding carboxylic acids is 1. The van der Waals surface area contributed by atoms with Crippen LogP contribution in [0.4, 0.5) is 4.79 Å². The van der Waals surface area contributed by atoms with E-state index in [2.05, 4.69) is 5.32 Å². The number of hydrogen-bond donors (Lipinski definition) is 1. The Morgan fingerprint density at radius 1 is 1.12 bits per heavy atom. The molecule has 0 radical (unpaired) electrons. The summed E-state index contributed by atoms with van der Waals surface area (Å²) in [6, 6.07) is 9.32. The van der Waals surface area contributed by atoms with Gasteiger partial charge in [-0.2, -0.15) is 0 Å². The van der Waals surface area contributed by atoms with E-state index in [-0.39, 0.29) is 23.9 Å². The molecule has 1 N–H and O–H groups in total. The molecule has 1 aromatic carbocycles. The lowest BCUT2D eigenvalue weighted by atomic mass is 10.1. The first-order valence-corrected chi connectivity index (χ1v) is 8.25. The van der Waals surface area contributed by atoms with Crippen molar-refractivity contribution in [2.75, 3.05) is 6.61 Å². The van der Waals surface area contributed by atoms with Crippen LogP contribution in [0, 0.1) is 0 Å². The van der Waals surface area contributed by atoms with Crippen LogP contribution >= 0.6 is 0 Å². The Hall–Kier alpha value is -3.29. The van der Waals surface area contributed by atoms with E-state index in [0.29, 0.717) is 17.4 Å². The fourth-order valence-electron chi connectivity index (χ4n) is 3.40. The number of nitrogens with zero attached hydrogens (tertiary/aromatic N) is 3. The van der Waals surface area contributed by atoms with Crippen LogP contribution in [0.1, 0.15) is 0 Å². The molecule has 0 saturated carbocycles. The maximum absolute atomic E-state index is 12.8. The second-order valence-corrected chi connectivity index (χ2v) is 6.40. The van der Waals surface area contributed by atoms with E-state index in [4.69, 9.17) is 4.74 Å². The molecule has 0 bridgehead atoms. The third kappa shape index (κ3) is 2.42. The number of ether oxygens (including phenoxy) is 1. The highest BCUT2D eigenvalue weighted by Crippen LogP contribution is 2.28. The summed E-state index contributed by atoms with van der Waals surface area (Å²) in [7, 11) is 3.12. The third-order valence-electron chi connectivity index (χ3n) is 4.71. The molecule has 1 amide bonds. The SMILES string of the molecule is Cn1c(=O)c2c(-c3ccccc3)n(CC3COC(=O)N3)cc2n(C)c1=O. The molecule has 134 valence electrons. The zero-order valence-electron chi connectivity index (χ0n) is 14.4. The molecule has 3 aromatic rings. The van der Waals surface area contributed by atoms with Gasteiger partial charge in [-0.3, -0.25) is 13.9 Å². The molecule has 2 aromatic heterocycles. The lowest BCUT2D eigenvalue weighted by Gasteiger charge is -2.13. The molecule has 0 aliphatic carbocycles. The number of amides is 1. The van der Waals surface area contributed by atoms with Crippen LogP contribution in [0.5, 0.6) is 0 Å². The summed E-state index contributed by atoms with van der Waals surface area (Å²) in [5.74, 6) is 0. The molecule has 1 saturated heterocycles. The number of alkyl carbamates (subject to hydrolysis) is 1. The van der Waals surface area contributed by atoms with Crippen molar-refractivity contribution >= 4 is 17.0 Å². The fourth-order valence-corrected chi connectivity index (χ4v) is 3.40. The normalized spacial score (nSPS) is 16.7. The van der Waals surface area contributed by atoms with E-state index in [1.54, 1.807) is 13.2 Å². The van der Waals surface area contributed by atoms with Crippen molar-refractivity contribution in [3.05, 3.63) is 57.4 Å². The molecule has 3 heterocycles. The molecule has 1 aliphatic heterocycles. The summed E-state index contributed by atoms with van der Waals surface area (Å²) in [6.45, 7) is 0.695. The largest absolute Gasteiger partial charge is 0.447 e. The van der Waals surface area contributed by atoms with Gasteiger partial charge in [0.1, 0.15) is 6.61 Å². The highest BCUT2D eigenvalue weighted by atomic mass is 16.6. The average molecular weight is 354 g/mol. The molecular weight excluding hydrogens is 336 g/mol. The van der Waals surface area contributed by atoms with E-state index in [9.17, 15) is 14.4 Å². The summed E-state index contributed by atoms with van der Waals surface area (Å²) in [5, 5.41) is 3.22. The Morgan fingerprint density at radius 2 is 1.85 bits per heavy atom. The molecule has 1 unspecified atom stereocenters. The van der Waals surface area contributed by atoms with Gasteiger partial charge in [0.15, 0.2) is 0 Å². The molecule has 26 heavy (non-hydrogen) atoms. The lowest BCUT2D eigenvalue weighted by molar-refractivity contribution is 0.176. The molecule has 8 heteroatoms. The molecule has 0 spiro atoms. The van der Waals surface area contributed by atoms with E-state index < -0.39 is 6.09 Å². The van der Waals surface area contributed by atoms with Crippen molar-refractivity contribution in [1.29, 1.82) is 0 Å². The molecule has 1 fully saturated rings. The van der Waals surface area contributed by atoms with Gasteiger partial charge in [0, 0.05) is 26.8 Å². The predicted molar refractivity (Wildman–Crippen MR) is 96.1 cm³/mol. The molecule has 1 aliphatic rings. The van der Waals surface area contributed by atoms with Crippen molar-refractivity contribution in [3.63, 3.8) is 0 Å². The maximum atomic E-state index is 12.8. The fraction of sp³-hybridized carbons (Fsp3) is 0.278. The Balaban J connectivity index is 2.00. The van der Waals surface area contributed by atoms with Crippen LogP contribution < -0.4 is 16.6 Å². The first kappa shape index (κ1) is 16.2. The first-order chi connectivity index (χ1) is 12.5. The lowest BCUT2D eigenvalue weighted by Crippen LogP contribution is -2.36.